The maximum absolute atomic E-state index is 11.5. The number of carboxylic acids is 1. The summed E-state index contributed by atoms with van der Waals surface area (Å²) < 4.78 is 5.57. The molecule has 1 aliphatic rings. The zero-order valence-corrected chi connectivity index (χ0v) is 11.8. The summed E-state index contributed by atoms with van der Waals surface area (Å²) in [6, 6.07) is 13.9. The van der Waals surface area contributed by atoms with Gasteiger partial charge in [0.15, 0.2) is 6.61 Å². The van der Waals surface area contributed by atoms with Crippen LogP contribution in [-0.4, -0.2) is 30.1 Å². The molecule has 1 amide bonds. The molecule has 112 valence electrons. The number of fused-ring (bicyclic) bond motifs is 3. The molecule has 5 nitrogen and oxygen atoms in total. The SMILES string of the molecule is O=C(O)CNC(=O)COc1cccc2c1Cc1ccccc1-2. The Morgan fingerprint density at radius 2 is 1.86 bits per heavy atom. The molecule has 0 saturated heterocycles. The second-order valence-electron chi connectivity index (χ2n) is 5.08. The largest absolute Gasteiger partial charge is 0.483 e. The minimum Gasteiger partial charge on any atom is -0.483 e. The molecular formula is C17H15NO4. The monoisotopic (exact) mass is 297 g/mol. The summed E-state index contributed by atoms with van der Waals surface area (Å²) in [7, 11) is 0. The van der Waals surface area contributed by atoms with Crippen molar-refractivity contribution in [2.45, 2.75) is 6.42 Å². The zero-order chi connectivity index (χ0) is 15.5. The number of carbonyl (C=O) groups excluding carboxylic acids is 1. The standard InChI is InChI=1S/C17H15NO4/c19-16(18-9-17(20)21)10-22-15-7-3-6-13-12-5-2-1-4-11(12)8-14(13)15/h1-7H,8-10H2,(H,18,19)(H,20,21). The van der Waals surface area contributed by atoms with E-state index in [0.29, 0.717) is 5.75 Å². The molecule has 2 aromatic carbocycles. The Labute approximate surface area is 127 Å². The topological polar surface area (TPSA) is 75.6 Å². The predicted molar refractivity (Wildman–Crippen MR) is 80.8 cm³/mol. The van der Waals surface area contributed by atoms with E-state index in [0.717, 1.165) is 17.5 Å². The molecule has 2 N–H and O–H groups in total. The molecule has 0 radical (unpaired) electrons. The maximum atomic E-state index is 11.5. The molecule has 0 bridgehead atoms. The van der Waals surface area contributed by atoms with Gasteiger partial charge in [0.05, 0.1) is 0 Å². The molecule has 5 heteroatoms. The van der Waals surface area contributed by atoms with Gasteiger partial charge in [-0.25, -0.2) is 0 Å². The van der Waals surface area contributed by atoms with Crippen LogP contribution in [0.3, 0.4) is 0 Å². The van der Waals surface area contributed by atoms with Gasteiger partial charge in [0, 0.05) is 12.0 Å². The lowest BCUT2D eigenvalue weighted by molar-refractivity contribution is -0.138. The van der Waals surface area contributed by atoms with E-state index in [1.54, 1.807) is 0 Å². The molecule has 0 atom stereocenters. The molecule has 3 rings (SSSR count). The van der Waals surface area contributed by atoms with Crippen LogP contribution >= 0.6 is 0 Å². The second kappa shape index (κ2) is 5.89. The molecule has 0 spiro atoms. The number of hydrogen-bond acceptors (Lipinski definition) is 3. The number of rotatable bonds is 5. The highest BCUT2D eigenvalue weighted by Gasteiger charge is 2.21. The number of carboxylic acid groups (broad SMARTS) is 1. The summed E-state index contributed by atoms with van der Waals surface area (Å²) in [6.45, 7) is -0.597. The summed E-state index contributed by atoms with van der Waals surface area (Å²) in [5.41, 5.74) is 4.62. The summed E-state index contributed by atoms with van der Waals surface area (Å²) in [6.07, 6.45) is 0.776. The summed E-state index contributed by atoms with van der Waals surface area (Å²) in [5, 5.41) is 10.8. The Hall–Kier alpha value is -2.82. The first-order valence-corrected chi connectivity index (χ1v) is 6.96. The van der Waals surface area contributed by atoms with Gasteiger partial charge in [-0.3, -0.25) is 9.59 Å². The van der Waals surface area contributed by atoms with Crippen LogP contribution in [0.5, 0.6) is 5.75 Å². The number of ether oxygens (including phenoxy) is 1. The smallest absolute Gasteiger partial charge is 0.322 e. The van der Waals surface area contributed by atoms with Gasteiger partial charge in [-0.1, -0.05) is 36.4 Å². The minimum atomic E-state index is -1.08. The number of carbonyl (C=O) groups is 2. The summed E-state index contributed by atoms with van der Waals surface area (Å²) >= 11 is 0. The van der Waals surface area contributed by atoms with Crippen molar-refractivity contribution in [1.82, 2.24) is 5.32 Å². The highest BCUT2D eigenvalue weighted by Crippen LogP contribution is 2.40. The molecule has 0 fully saturated rings. The summed E-state index contributed by atoms with van der Waals surface area (Å²) in [5.74, 6) is -0.862. The van der Waals surface area contributed by atoms with Crippen molar-refractivity contribution in [3.63, 3.8) is 0 Å². The molecule has 0 heterocycles. The Balaban J connectivity index is 1.72. The van der Waals surface area contributed by atoms with Crippen molar-refractivity contribution in [1.29, 1.82) is 0 Å². The lowest BCUT2D eigenvalue weighted by Gasteiger charge is -2.10. The van der Waals surface area contributed by atoms with Crippen LogP contribution in [0.15, 0.2) is 42.5 Å². The average Bonchev–Trinajstić information content (AvgIpc) is 2.90. The van der Waals surface area contributed by atoms with E-state index in [1.165, 1.54) is 11.1 Å². The van der Waals surface area contributed by atoms with Gasteiger partial charge in [-0.05, 0) is 22.8 Å². The molecule has 1 aliphatic carbocycles. The van der Waals surface area contributed by atoms with Crippen LogP contribution in [0.2, 0.25) is 0 Å². The second-order valence-corrected chi connectivity index (χ2v) is 5.08. The molecule has 22 heavy (non-hydrogen) atoms. The van der Waals surface area contributed by atoms with Crippen LogP contribution in [-0.2, 0) is 16.0 Å². The molecular weight excluding hydrogens is 282 g/mol. The number of hydrogen-bond donors (Lipinski definition) is 2. The normalized spacial score (nSPS) is 11.5. The van der Waals surface area contributed by atoms with Crippen molar-refractivity contribution in [2.24, 2.45) is 0 Å². The molecule has 0 aromatic heterocycles. The van der Waals surface area contributed by atoms with Crippen LogP contribution in [0.25, 0.3) is 11.1 Å². The fraction of sp³-hybridized carbons (Fsp3) is 0.176. The fourth-order valence-corrected chi connectivity index (χ4v) is 2.63. The van der Waals surface area contributed by atoms with E-state index in [-0.39, 0.29) is 6.61 Å². The van der Waals surface area contributed by atoms with E-state index in [1.807, 2.05) is 30.3 Å². The highest BCUT2D eigenvalue weighted by atomic mass is 16.5. The van der Waals surface area contributed by atoms with Crippen LogP contribution in [0.1, 0.15) is 11.1 Å². The predicted octanol–water partition coefficient (Wildman–Crippen LogP) is 1.84. The van der Waals surface area contributed by atoms with Crippen molar-refractivity contribution in [3.8, 4) is 16.9 Å². The van der Waals surface area contributed by atoms with E-state index in [2.05, 4.69) is 17.4 Å². The van der Waals surface area contributed by atoms with Crippen molar-refractivity contribution < 1.29 is 19.4 Å². The van der Waals surface area contributed by atoms with E-state index in [9.17, 15) is 9.59 Å². The van der Waals surface area contributed by atoms with E-state index in [4.69, 9.17) is 9.84 Å². The maximum Gasteiger partial charge on any atom is 0.322 e. The van der Waals surface area contributed by atoms with Crippen molar-refractivity contribution >= 4 is 11.9 Å². The molecule has 0 unspecified atom stereocenters. The molecule has 0 saturated carbocycles. The third-order valence-corrected chi connectivity index (χ3v) is 3.60. The first kappa shape index (κ1) is 14.1. The van der Waals surface area contributed by atoms with Gasteiger partial charge in [0.25, 0.3) is 5.91 Å². The number of benzene rings is 2. The van der Waals surface area contributed by atoms with Crippen molar-refractivity contribution in [3.05, 3.63) is 53.6 Å². The quantitative estimate of drug-likeness (QED) is 0.753. The van der Waals surface area contributed by atoms with E-state index >= 15 is 0 Å². The van der Waals surface area contributed by atoms with Crippen LogP contribution in [0, 0.1) is 0 Å². The lowest BCUT2D eigenvalue weighted by Crippen LogP contribution is -2.33. The molecule has 2 aromatic rings. The van der Waals surface area contributed by atoms with Gasteiger partial charge in [0.1, 0.15) is 12.3 Å². The van der Waals surface area contributed by atoms with Crippen LogP contribution < -0.4 is 10.1 Å². The zero-order valence-electron chi connectivity index (χ0n) is 11.8. The van der Waals surface area contributed by atoms with Gasteiger partial charge in [0.2, 0.25) is 0 Å². The van der Waals surface area contributed by atoms with Gasteiger partial charge < -0.3 is 15.2 Å². The Kier molecular flexibility index (Phi) is 3.78. The van der Waals surface area contributed by atoms with E-state index < -0.39 is 18.4 Å². The summed E-state index contributed by atoms with van der Waals surface area (Å²) in [4.78, 5) is 21.9. The number of nitrogens with one attached hydrogen (secondary N) is 1. The van der Waals surface area contributed by atoms with Gasteiger partial charge >= 0.3 is 5.97 Å². The first-order valence-electron chi connectivity index (χ1n) is 6.96. The Bertz CT molecular complexity index is 739. The highest BCUT2D eigenvalue weighted by molar-refractivity contribution is 5.82. The van der Waals surface area contributed by atoms with Crippen molar-refractivity contribution in [2.75, 3.05) is 13.2 Å². The number of aliphatic carboxylic acids is 1. The Morgan fingerprint density at radius 1 is 1.09 bits per heavy atom. The third-order valence-electron chi connectivity index (χ3n) is 3.60. The Morgan fingerprint density at radius 3 is 2.68 bits per heavy atom. The van der Waals surface area contributed by atoms with Gasteiger partial charge in [-0.15, -0.1) is 0 Å². The fourth-order valence-electron chi connectivity index (χ4n) is 2.63. The molecule has 0 aliphatic heterocycles. The third kappa shape index (κ3) is 2.79. The van der Waals surface area contributed by atoms with Crippen LogP contribution in [0.4, 0.5) is 0 Å². The van der Waals surface area contributed by atoms with Gasteiger partial charge in [-0.2, -0.15) is 0 Å². The lowest BCUT2D eigenvalue weighted by atomic mass is 10.1. The number of amides is 1. The average molecular weight is 297 g/mol. The minimum absolute atomic E-state index is 0.194. The first-order chi connectivity index (χ1) is 10.6.